The van der Waals surface area contributed by atoms with Gasteiger partial charge in [0.2, 0.25) is 10.0 Å². The van der Waals surface area contributed by atoms with Gasteiger partial charge in [-0.25, -0.2) is 13.1 Å². The van der Waals surface area contributed by atoms with Gasteiger partial charge in [-0.2, -0.15) is 5.26 Å². The van der Waals surface area contributed by atoms with Crippen molar-refractivity contribution in [1.82, 2.24) is 4.72 Å². The molecule has 0 radical (unpaired) electrons. The Morgan fingerprint density at radius 2 is 1.83 bits per heavy atom. The van der Waals surface area contributed by atoms with Crippen LogP contribution in [0.3, 0.4) is 0 Å². The summed E-state index contributed by atoms with van der Waals surface area (Å²) in [5, 5.41) is 8.78. The van der Waals surface area contributed by atoms with Gasteiger partial charge in [-0.3, -0.25) is 0 Å². The minimum Gasteiger partial charge on any atom is -0.371 e. The smallest absolute Gasteiger partial charge is 0.240 e. The molecule has 0 spiro atoms. The molecule has 0 aliphatic carbocycles. The maximum atomic E-state index is 12.3. The van der Waals surface area contributed by atoms with E-state index in [-0.39, 0.29) is 4.90 Å². The van der Waals surface area contributed by atoms with Crippen molar-refractivity contribution in [1.29, 1.82) is 5.26 Å². The van der Waals surface area contributed by atoms with E-state index < -0.39 is 10.0 Å². The van der Waals surface area contributed by atoms with Crippen molar-refractivity contribution in [3.05, 3.63) is 60.2 Å². The Hall–Kier alpha value is -2.36. The molecular formula is C18H19N3O2S. The van der Waals surface area contributed by atoms with E-state index in [0.717, 1.165) is 19.5 Å². The lowest BCUT2D eigenvalue weighted by Gasteiger charge is -2.18. The third-order valence-corrected chi connectivity index (χ3v) is 5.70. The van der Waals surface area contributed by atoms with Crippen LogP contribution in [0.4, 0.5) is 5.69 Å². The Balaban J connectivity index is 1.58. The van der Waals surface area contributed by atoms with Gasteiger partial charge in [0.25, 0.3) is 0 Å². The summed E-state index contributed by atoms with van der Waals surface area (Å²) in [6.07, 6.45) is 0.963. The van der Waals surface area contributed by atoms with Crippen molar-refractivity contribution in [3.63, 3.8) is 0 Å². The van der Waals surface area contributed by atoms with Crippen LogP contribution in [0, 0.1) is 17.2 Å². The van der Waals surface area contributed by atoms with Crippen LogP contribution in [0.15, 0.2) is 59.5 Å². The third kappa shape index (κ3) is 3.75. The maximum absolute atomic E-state index is 12.3. The van der Waals surface area contributed by atoms with E-state index in [2.05, 4.69) is 21.8 Å². The number of sulfonamides is 1. The molecule has 2 aromatic rings. The fraction of sp³-hybridized carbons (Fsp3) is 0.278. The van der Waals surface area contributed by atoms with Crippen molar-refractivity contribution in [2.24, 2.45) is 5.92 Å². The van der Waals surface area contributed by atoms with Gasteiger partial charge in [0.1, 0.15) is 0 Å². The van der Waals surface area contributed by atoms with E-state index in [1.165, 1.54) is 30.0 Å². The maximum Gasteiger partial charge on any atom is 0.240 e. The van der Waals surface area contributed by atoms with Crippen LogP contribution in [-0.4, -0.2) is 28.1 Å². The van der Waals surface area contributed by atoms with Crippen molar-refractivity contribution >= 4 is 15.7 Å². The first-order chi connectivity index (χ1) is 11.6. The predicted octanol–water partition coefficient (Wildman–Crippen LogP) is 2.36. The van der Waals surface area contributed by atoms with Crippen LogP contribution in [0.25, 0.3) is 0 Å². The van der Waals surface area contributed by atoms with Crippen molar-refractivity contribution in [2.75, 3.05) is 24.5 Å². The predicted molar refractivity (Wildman–Crippen MR) is 93.1 cm³/mol. The molecule has 1 N–H and O–H groups in total. The summed E-state index contributed by atoms with van der Waals surface area (Å²) >= 11 is 0. The highest BCUT2D eigenvalue weighted by Gasteiger charge is 2.24. The molecule has 0 aromatic heterocycles. The Labute approximate surface area is 142 Å². The van der Waals surface area contributed by atoms with Crippen LogP contribution < -0.4 is 9.62 Å². The van der Waals surface area contributed by atoms with Gasteiger partial charge >= 0.3 is 0 Å². The molecule has 2 aromatic carbocycles. The molecule has 5 nitrogen and oxygen atoms in total. The van der Waals surface area contributed by atoms with Crippen LogP contribution >= 0.6 is 0 Å². The lowest BCUT2D eigenvalue weighted by Crippen LogP contribution is -2.31. The average molecular weight is 341 g/mol. The van der Waals surface area contributed by atoms with Crippen molar-refractivity contribution in [2.45, 2.75) is 11.3 Å². The first-order valence-electron chi connectivity index (χ1n) is 7.88. The molecule has 1 fully saturated rings. The van der Waals surface area contributed by atoms with Crippen LogP contribution in [0.2, 0.25) is 0 Å². The normalized spacial score (nSPS) is 17.6. The number of nitrogens with one attached hydrogen (secondary N) is 1. The van der Waals surface area contributed by atoms with E-state index in [1.54, 1.807) is 0 Å². The molecule has 0 amide bonds. The second-order valence-corrected chi connectivity index (χ2v) is 7.69. The number of hydrogen-bond acceptors (Lipinski definition) is 4. The molecule has 3 rings (SSSR count). The minimum atomic E-state index is -3.53. The highest BCUT2D eigenvalue weighted by molar-refractivity contribution is 7.89. The first-order valence-corrected chi connectivity index (χ1v) is 9.36. The fourth-order valence-electron chi connectivity index (χ4n) is 2.89. The summed E-state index contributed by atoms with van der Waals surface area (Å²) in [4.78, 5) is 2.47. The zero-order chi connectivity index (χ0) is 17.0. The van der Waals surface area contributed by atoms with E-state index in [1.807, 2.05) is 24.3 Å². The average Bonchev–Trinajstić information content (AvgIpc) is 3.10. The summed E-state index contributed by atoms with van der Waals surface area (Å²) in [5.74, 6) is 0.290. The summed E-state index contributed by atoms with van der Waals surface area (Å²) < 4.78 is 27.4. The van der Waals surface area contributed by atoms with Crippen molar-refractivity contribution in [3.8, 4) is 6.07 Å². The minimum absolute atomic E-state index is 0.194. The lowest BCUT2D eigenvalue weighted by molar-refractivity contribution is 0.541. The third-order valence-electron chi connectivity index (χ3n) is 4.26. The molecule has 124 valence electrons. The molecule has 1 unspecified atom stereocenters. The van der Waals surface area contributed by atoms with E-state index >= 15 is 0 Å². The Morgan fingerprint density at radius 3 is 2.50 bits per heavy atom. The summed E-state index contributed by atoms with van der Waals surface area (Å²) in [7, 11) is -3.53. The van der Waals surface area contributed by atoms with E-state index in [4.69, 9.17) is 5.26 Å². The molecule has 1 atom stereocenters. The zero-order valence-electron chi connectivity index (χ0n) is 13.2. The highest BCUT2D eigenvalue weighted by Crippen LogP contribution is 2.23. The van der Waals surface area contributed by atoms with Crippen LogP contribution in [0.1, 0.15) is 12.0 Å². The summed E-state index contributed by atoms with van der Waals surface area (Å²) in [5.41, 5.74) is 1.62. The number of nitrogens with zero attached hydrogens (tertiary/aromatic N) is 2. The SMILES string of the molecule is N#Cc1ccc(S(=O)(=O)NCC2CCN(c3ccccc3)C2)cc1. The topological polar surface area (TPSA) is 73.2 Å². The molecule has 0 saturated carbocycles. The molecule has 1 aliphatic heterocycles. The number of nitriles is 1. The molecule has 6 heteroatoms. The molecule has 1 aliphatic rings. The quantitative estimate of drug-likeness (QED) is 0.906. The van der Waals surface area contributed by atoms with E-state index in [9.17, 15) is 8.42 Å². The number of rotatable bonds is 5. The largest absolute Gasteiger partial charge is 0.371 e. The first kappa shape index (κ1) is 16.5. The Morgan fingerprint density at radius 1 is 1.12 bits per heavy atom. The molecule has 0 bridgehead atoms. The highest BCUT2D eigenvalue weighted by atomic mass is 32.2. The summed E-state index contributed by atoms with van der Waals surface area (Å²) in [6.45, 7) is 2.21. The number of anilines is 1. The molecule has 24 heavy (non-hydrogen) atoms. The van der Waals surface area contributed by atoms with Crippen LogP contribution in [0.5, 0.6) is 0 Å². The van der Waals surface area contributed by atoms with Crippen molar-refractivity contribution < 1.29 is 8.42 Å². The van der Waals surface area contributed by atoms with Gasteiger partial charge in [0, 0.05) is 25.3 Å². The van der Waals surface area contributed by atoms with E-state index in [0.29, 0.717) is 18.0 Å². The van der Waals surface area contributed by atoms with Gasteiger partial charge in [-0.1, -0.05) is 18.2 Å². The summed E-state index contributed by atoms with van der Waals surface area (Å²) in [6, 6.07) is 18.1. The van der Waals surface area contributed by atoms with Gasteiger partial charge in [-0.05, 0) is 48.7 Å². The van der Waals surface area contributed by atoms with Gasteiger partial charge in [0.15, 0.2) is 0 Å². The zero-order valence-corrected chi connectivity index (χ0v) is 14.0. The number of para-hydroxylation sites is 1. The molecule has 1 saturated heterocycles. The Kier molecular flexibility index (Phi) is 4.84. The number of benzene rings is 2. The monoisotopic (exact) mass is 341 g/mol. The van der Waals surface area contributed by atoms with Gasteiger partial charge < -0.3 is 4.90 Å². The Bertz CT molecular complexity index is 827. The van der Waals surface area contributed by atoms with Gasteiger partial charge in [0.05, 0.1) is 16.5 Å². The molecule has 1 heterocycles. The second-order valence-electron chi connectivity index (χ2n) is 5.92. The fourth-order valence-corrected chi connectivity index (χ4v) is 4.01. The lowest BCUT2D eigenvalue weighted by atomic mass is 10.1. The standard InChI is InChI=1S/C18H19N3O2S/c19-12-15-6-8-18(9-7-15)24(22,23)20-13-16-10-11-21(14-16)17-4-2-1-3-5-17/h1-9,16,20H,10-11,13-14H2. The van der Waals surface area contributed by atoms with Crippen LogP contribution in [-0.2, 0) is 10.0 Å². The molecular weight excluding hydrogens is 322 g/mol. The number of hydrogen-bond donors (Lipinski definition) is 1. The van der Waals surface area contributed by atoms with Gasteiger partial charge in [-0.15, -0.1) is 0 Å². The second kappa shape index (κ2) is 7.04.